The molecular formula is C17H16FNO. The molecular weight excluding hydrogens is 253 g/mol. The third-order valence-electron chi connectivity index (χ3n) is 3.32. The smallest absolute Gasteiger partial charge is 0.123 e. The molecule has 3 rings (SSSR count). The van der Waals surface area contributed by atoms with Crippen molar-refractivity contribution in [2.45, 2.75) is 13.5 Å². The van der Waals surface area contributed by atoms with Crippen molar-refractivity contribution >= 4 is 10.9 Å². The van der Waals surface area contributed by atoms with Gasteiger partial charge in [-0.25, -0.2) is 4.39 Å². The van der Waals surface area contributed by atoms with Crippen molar-refractivity contribution in [1.29, 1.82) is 0 Å². The highest BCUT2D eigenvalue weighted by Crippen LogP contribution is 2.17. The average Bonchev–Trinajstić information content (AvgIpc) is 2.81. The van der Waals surface area contributed by atoms with E-state index >= 15 is 0 Å². The monoisotopic (exact) mass is 269 g/mol. The molecule has 3 heteroatoms. The third-order valence-corrected chi connectivity index (χ3v) is 3.32. The van der Waals surface area contributed by atoms with E-state index in [4.69, 9.17) is 4.74 Å². The Morgan fingerprint density at radius 3 is 2.85 bits per heavy atom. The molecule has 0 saturated carbocycles. The molecule has 3 aromatic rings. The second-order valence-corrected chi connectivity index (χ2v) is 4.88. The van der Waals surface area contributed by atoms with E-state index in [-0.39, 0.29) is 5.82 Å². The summed E-state index contributed by atoms with van der Waals surface area (Å²) >= 11 is 0. The van der Waals surface area contributed by atoms with E-state index in [1.54, 1.807) is 12.1 Å². The van der Waals surface area contributed by atoms with Crippen molar-refractivity contribution in [2.24, 2.45) is 0 Å². The van der Waals surface area contributed by atoms with Crippen LogP contribution in [-0.2, 0) is 6.54 Å². The van der Waals surface area contributed by atoms with E-state index in [0.29, 0.717) is 6.61 Å². The molecule has 0 aliphatic carbocycles. The van der Waals surface area contributed by atoms with Crippen LogP contribution < -0.4 is 4.74 Å². The van der Waals surface area contributed by atoms with Crippen LogP contribution in [0.25, 0.3) is 10.9 Å². The van der Waals surface area contributed by atoms with Crippen LogP contribution in [0.3, 0.4) is 0 Å². The molecule has 0 spiro atoms. The molecule has 0 amide bonds. The number of fused-ring (bicyclic) bond motifs is 1. The minimum Gasteiger partial charge on any atom is -0.492 e. The highest BCUT2D eigenvalue weighted by atomic mass is 19.1. The highest BCUT2D eigenvalue weighted by Gasteiger charge is 2.02. The van der Waals surface area contributed by atoms with Gasteiger partial charge < -0.3 is 9.30 Å². The van der Waals surface area contributed by atoms with E-state index < -0.39 is 0 Å². The number of aryl methyl sites for hydroxylation is 1. The highest BCUT2D eigenvalue weighted by molar-refractivity contribution is 5.80. The molecule has 0 atom stereocenters. The van der Waals surface area contributed by atoms with Crippen molar-refractivity contribution < 1.29 is 9.13 Å². The van der Waals surface area contributed by atoms with Crippen molar-refractivity contribution in [1.82, 2.24) is 4.57 Å². The van der Waals surface area contributed by atoms with Crippen LogP contribution in [0.2, 0.25) is 0 Å². The molecule has 0 N–H and O–H groups in total. The lowest BCUT2D eigenvalue weighted by atomic mass is 10.2. The summed E-state index contributed by atoms with van der Waals surface area (Å²) in [5.41, 5.74) is 2.21. The molecule has 0 saturated heterocycles. The van der Waals surface area contributed by atoms with Crippen molar-refractivity contribution in [3.8, 4) is 5.75 Å². The van der Waals surface area contributed by atoms with Gasteiger partial charge in [0.1, 0.15) is 18.2 Å². The molecule has 0 aliphatic rings. The fraction of sp³-hybridized carbons (Fsp3) is 0.176. The Morgan fingerprint density at radius 1 is 1.10 bits per heavy atom. The topological polar surface area (TPSA) is 14.2 Å². The zero-order valence-corrected chi connectivity index (χ0v) is 11.3. The normalized spacial score (nSPS) is 10.9. The number of hydrogen-bond donors (Lipinski definition) is 0. The third kappa shape index (κ3) is 2.67. The Balaban J connectivity index is 1.68. The van der Waals surface area contributed by atoms with Gasteiger partial charge in [-0.1, -0.05) is 12.1 Å². The van der Waals surface area contributed by atoms with E-state index in [0.717, 1.165) is 23.2 Å². The molecule has 1 heterocycles. The maximum atomic E-state index is 13.1. The zero-order valence-electron chi connectivity index (χ0n) is 11.3. The molecule has 0 aliphatic heterocycles. The molecule has 1 aromatic heterocycles. The largest absolute Gasteiger partial charge is 0.492 e. The first-order valence-corrected chi connectivity index (χ1v) is 6.66. The predicted octanol–water partition coefficient (Wildman–Crippen LogP) is 4.17. The van der Waals surface area contributed by atoms with E-state index in [1.807, 2.05) is 43.5 Å². The van der Waals surface area contributed by atoms with Gasteiger partial charge in [0.25, 0.3) is 0 Å². The van der Waals surface area contributed by atoms with Crippen molar-refractivity contribution in [2.75, 3.05) is 6.61 Å². The predicted molar refractivity (Wildman–Crippen MR) is 78.6 cm³/mol. The van der Waals surface area contributed by atoms with Crippen LogP contribution in [0.4, 0.5) is 4.39 Å². The van der Waals surface area contributed by atoms with Gasteiger partial charge in [0, 0.05) is 17.1 Å². The fourth-order valence-electron chi connectivity index (χ4n) is 2.33. The Hall–Kier alpha value is -2.29. The number of benzene rings is 2. The summed E-state index contributed by atoms with van der Waals surface area (Å²) in [5.74, 6) is 0.679. The fourth-order valence-corrected chi connectivity index (χ4v) is 2.33. The summed E-state index contributed by atoms with van der Waals surface area (Å²) in [7, 11) is 0. The van der Waals surface area contributed by atoms with Crippen LogP contribution in [0, 0.1) is 12.7 Å². The zero-order chi connectivity index (χ0) is 13.9. The van der Waals surface area contributed by atoms with Gasteiger partial charge in [0.2, 0.25) is 0 Å². The molecule has 20 heavy (non-hydrogen) atoms. The van der Waals surface area contributed by atoms with Gasteiger partial charge in [0.05, 0.1) is 6.54 Å². The SMILES string of the molecule is Cc1cccc(OCCn2ccc3cc(F)ccc32)c1. The number of halogens is 1. The summed E-state index contributed by atoms with van der Waals surface area (Å²) in [5, 5.41) is 0.917. The number of hydrogen-bond acceptors (Lipinski definition) is 1. The van der Waals surface area contributed by atoms with Gasteiger partial charge in [-0.05, 0) is 48.9 Å². The van der Waals surface area contributed by atoms with Crippen molar-refractivity contribution in [3.05, 3.63) is 66.1 Å². The molecule has 0 unspecified atom stereocenters. The first-order valence-electron chi connectivity index (χ1n) is 6.66. The van der Waals surface area contributed by atoms with Gasteiger partial charge in [0.15, 0.2) is 0 Å². The molecule has 102 valence electrons. The Labute approximate surface area is 117 Å². The number of aromatic nitrogens is 1. The number of rotatable bonds is 4. The number of ether oxygens (including phenoxy) is 1. The lowest BCUT2D eigenvalue weighted by Crippen LogP contribution is -2.07. The molecule has 2 nitrogen and oxygen atoms in total. The van der Waals surface area contributed by atoms with Crippen LogP contribution in [-0.4, -0.2) is 11.2 Å². The van der Waals surface area contributed by atoms with Gasteiger partial charge in [-0.15, -0.1) is 0 Å². The summed E-state index contributed by atoms with van der Waals surface area (Å²) < 4.78 is 20.9. The van der Waals surface area contributed by atoms with Crippen LogP contribution in [0.5, 0.6) is 5.75 Å². The van der Waals surface area contributed by atoms with Gasteiger partial charge >= 0.3 is 0 Å². The second-order valence-electron chi connectivity index (χ2n) is 4.88. The average molecular weight is 269 g/mol. The Bertz CT molecular complexity index is 733. The van der Waals surface area contributed by atoms with Crippen LogP contribution in [0.15, 0.2) is 54.7 Å². The minimum absolute atomic E-state index is 0.203. The minimum atomic E-state index is -0.203. The summed E-state index contributed by atoms with van der Waals surface area (Å²) in [6.45, 7) is 3.37. The summed E-state index contributed by atoms with van der Waals surface area (Å²) in [6.07, 6.45) is 1.96. The van der Waals surface area contributed by atoms with Gasteiger partial charge in [-0.3, -0.25) is 0 Å². The quantitative estimate of drug-likeness (QED) is 0.693. The van der Waals surface area contributed by atoms with E-state index in [9.17, 15) is 4.39 Å². The Morgan fingerprint density at radius 2 is 2.00 bits per heavy atom. The number of nitrogens with zero attached hydrogens (tertiary/aromatic N) is 1. The first kappa shape index (κ1) is 12.7. The Kier molecular flexibility index (Phi) is 3.42. The first-order chi connectivity index (χ1) is 9.72. The molecule has 0 radical (unpaired) electrons. The van der Waals surface area contributed by atoms with Gasteiger partial charge in [-0.2, -0.15) is 0 Å². The van der Waals surface area contributed by atoms with Crippen LogP contribution in [0.1, 0.15) is 5.56 Å². The molecule has 0 fully saturated rings. The lowest BCUT2D eigenvalue weighted by molar-refractivity contribution is 0.300. The van der Waals surface area contributed by atoms with Crippen molar-refractivity contribution in [3.63, 3.8) is 0 Å². The lowest BCUT2D eigenvalue weighted by Gasteiger charge is -2.08. The second kappa shape index (κ2) is 5.37. The molecule has 2 aromatic carbocycles. The maximum Gasteiger partial charge on any atom is 0.123 e. The van der Waals surface area contributed by atoms with E-state index in [1.165, 1.54) is 11.6 Å². The molecule has 0 bridgehead atoms. The van der Waals surface area contributed by atoms with E-state index in [2.05, 4.69) is 4.57 Å². The summed E-state index contributed by atoms with van der Waals surface area (Å²) in [6, 6.07) is 14.8. The standard InChI is InChI=1S/C17H16FNO/c1-13-3-2-4-16(11-13)20-10-9-19-8-7-14-12-15(18)5-6-17(14)19/h2-8,11-12H,9-10H2,1H3. The maximum absolute atomic E-state index is 13.1. The summed E-state index contributed by atoms with van der Waals surface area (Å²) in [4.78, 5) is 0. The van der Waals surface area contributed by atoms with Crippen LogP contribution >= 0.6 is 0 Å².